The molecule has 0 aliphatic carbocycles. The standard InChI is InChI=1S/C10H13Cl2NO/c1-13(2)9(6-14)7-4-3-5-8(11)10(7)12/h3-5,9,14H,6H2,1-2H3. The van der Waals surface area contributed by atoms with E-state index in [1.54, 1.807) is 6.07 Å². The van der Waals surface area contributed by atoms with Crippen molar-refractivity contribution in [1.29, 1.82) is 0 Å². The van der Waals surface area contributed by atoms with Crippen LogP contribution in [0, 0.1) is 0 Å². The molecule has 1 unspecified atom stereocenters. The maximum absolute atomic E-state index is 9.22. The summed E-state index contributed by atoms with van der Waals surface area (Å²) in [6, 6.07) is 5.32. The summed E-state index contributed by atoms with van der Waals surface area (Å²) in [5, 5.41) is 10.3. The van der Waals surface area contributed by atoms with Crippen LogP contribution in [-0.4, -0.2) is 30.7 Å². The van der Waals surface area contributed by atoms with E-state index in [1.165, 1.54) is 0 Å². The quantitative estimate of drug-likeness (QED) is 0.868. The highest BCUT2D eigenvalue weighted by molar-refractivity contribution is 6.42. The molecule has 1 aromatic carbocycles. The molecule has 4 heteroatoms. The summed E-state index contributed by atoms with van der Waals surface area (Å²) in [5.74, 6) is 0. The molecule has 0 heterocycles. The summed E-state index contributed by atoms with van der Waals surface area (Å²) in [6.45, 7) is 0.0209. The zero-order valence-electron chi connectivity index (χ0n) is 8.17. The summed E-state index contributed by atoms with van der Waals surface area (Å²) in [7, 11) is 3.77. The van der Waals surface area contributed by atoms with Crippen molar-refractivity contribution >= 4 is 23.2 Å². The fraction of sp³-hybridized carbons (Fsp3) is 0.400. The maximum Gasteiger partial charge on any atom is 0.0641 e. The van der Waals surface area contributed by atoms with Crippen molar-refractivity contribution in [2.75, 3.05) is 20.7 Å². The Hall–Kier alpha value is -0.280. The van der Waals surface area contributed by atoms with E-state index in [0.29, 0.717) is 10.0 Å². The molecular formula is C10H13Cl2NO. The highest BCUT2D eigenvalue weighted by atomic mass is 35.5. The first-order valence-corrected chi connectivity index (χ1v) is 5.04. The first-order valence-electron chi connectivity index (χ1n) is 4.29. The van der Waals surface area contributed by atoms with Crippen molar-refractivity contribution in [2.45, 2.75) is 6.04 Å². The van der Waals surface area contributed by atoms with Crippen molar-refractivity contribution in [2.24, 2.45) is 0 Å². The number of aliphatic hydroxyl groups is 1. The molecule has 0 aromatic heterocycles. The van der Waals surface area contributed by atoms with Gasteiger partial charge in [-0.3, -0.25) is 0 Å². The third-order valence-electron chi connectivity index (χ3n) is 2.14. The van der Waals surface area contributed by atoms with Gasteiger partial charge in [-0.1, -0.05) is 35.3 Å². The van der Waals surface area contributed by atoms with Crippen LogP contribution in [0.15, 0.2) is 18.2 Å². The Morgan fingerprint density at radius 2 is 2.00 bits per heavy atom. The number of aliphatic hydroxyl groups excluding tert-OH is 1. The third kappa shape index (κ3) is 2.39. The second kappa shape index (κ2) is 4.99. The van der Waals surface area contributed by atoms with Gasteiger partial charge in [-0.25, -0.2) is 0 Å². The van der Waals surface area contributed by atoms with E-state index in [-0.39, 0.29) is 12.6 Å². The molecule has 0 spiro atoms. The fourth-order valence-corrected chi connectivity index (χ4v) is 1.75. The molecule has 0 bridgehead atoms. The van der Waals surface area contributed by atoms with Crippen molar-refractivity contribution in [3.8, 4) is 0 Å². The summed E-state index contributed by atoms with van der Waals surface area (Å²) >= 11 is 11.9. The zero-order valence-corrected chi connectivity index (χ0v) is 9.68. The minimum absolute atomic E-state index is 0.0209. The van der Waals surface area contributed by atoms with Crippen LogP contribution in [0.3, 0.4) is 0 Å². The average molecular weight is 234 g/mol. The molecule has 1 atom stereocenters. The van der Waals surface area contributed by atoms with Crippen LogP contribution in [0.2, 0.25) is 10.0 Å². The highest BCUT2D eigenvalue weighted by Crippen LogP contribution is 2.31. The first kappa shape index (κ1) is 11.8. The molecule has 0 aliphatic rings. The molecule has 0 saturated heterocycles. The smallest absolute Gasteiger partial charge is 0.0641 e. The second-order valence-electron chi connectivity index (χ2n) is 3.31. The van der Waals surface area contributed by atoms with E-state index in [4.69, 9.17) is 23.2 Å². The van der Waals surface area contributed by atoms with Crippen molar-refractivity contribution in [3.05, 3.63) is 33.8 Å². The monoisotopic (exact) mass is 233 g/mol. The van der Waals surface area contributed by atoms with Crippen molar-refractivity contribution in [1.82, 2.24) is 4.90 Å². The molecule has 2 nitrogen and oxygen atoms in total. The number of benzene rings is 1. The predicted octanol–water partition coefficient (Wildman–Crippen LogP) is 2.59. The number of likely N-dealkylation sites (N-methyl/N-ethyl adjacent to an activating group) is 1. The Morgan fingerprint density at radius 1 is 1.36 bits per heavy atom. The van der Waals surface area contributed by atoms with Gasteiger partial charge in [0.1, 0.15) is 0 Å². The molecule has 0 aliphatic heterocycles. The van der Waals surface area contributed by atoms with Gasteiger partial charge in [-0.15, -0.1) is 0 Å². The molecule has 0 radical (unpaired) electrons. The van der Waals surface area contributed by atoms with Crippen molar-refractivity contribution in [3.63, 3.8) is 0 Å². The Labute approximate surface area is 94.1 Å². The normalized spacial score (nSPS) is 13.3. The number of rotatable bonds is 3. The van der Waals surface area contributed by atoms with Gasteiger partial charge in [0.05, 0.1) is 22.7 Å². The molecule has 1 aromatic rings. The van der Waals surface area contributed by atoms with E-state index in [0.717, 1.165) is 5.56 Å². The minimum Gasteiger partial charge on any atom is -0.394 e. The molecule has 78 valence electrons. The minimum atomic E-state index is -0.110. The predicted molar refractivity (Wildman–Crippen MR) is 60.0 cm³/mol. The van der Waals surface area contributed by atoms with Crippen LogP contribution in [0.1, 0.15) is 11.6 Å². The van der Waals surface area contributed by atoms with Gasteiger partial charge in [0.15, 0.2) is 0 Å². The summed E-state index contributed by atoms with van der Waals surface area (Å²) in [5.41, 5.74) is 0.853. The Bertz CT molecular complexity index is 315. The van der Waals surface area contributed by atoms with Crippen LogP contribution in [0.25, 0.3) is 0 Å². The summed E-state index contributed by atoms with van der Waals surface area (Å²) < 4.78 is 0. The number of halogens is 2. The largest absolute Gasteiger partial charge is 0.394 e. The van der Waals surface area contributed by atoms with E-state index in [1.807, 2.05) is 31.1 Å². The van der Waals surface area contributed by atoms with Crippen LogP contribution in [0.5, 0.6) is 0 Å². The lowest BCUT2D eigenvalue weighted by Gasteiger charge is -2.23. The van der Waals surface area contributed by atoms with E-state index in [9.17, 15) is 5.11 Å². The molecule has 1 N–H and O–H groups in total. The summed E-state index contributed by atoms with van der Waals surface area (Å²) in [4.78, 5) is 1.90. The van der Waals surface area contributed by atoms with Gasteiger partial charge in [0, 0.05) is 0 Å². The highest BCUT2D eigenvalue weighted by Gasteiger charge is 2.16. The Morgan fingerprint density at radius 3 is 2.50 bits per heavy atom. The van der Waals surface area contributed by atoms with E-state index >= 15 is 0 Å². The van der Waals surface area contributed by atoms with E-state index < -0.39 is 0 Å². The Balaban J connectivity index is 3.10. The van der Waals surface area contributed by atoms with Gasteiger partial charge in [-0.2, -0.15) is 0 Å². The van der Waals surface area contributed by atoms with Crippen LogP contribution >= 0.6 is 23.2 Å². The van der Waals surface area contributed by atoms with Gasteiger partial charge in [-0.05, 0) is 25.7 Å². The summed E-state index contributed by atoms with van der Waals surface area (Å²) in [6.07, 6.45) is 0. The van der Waals surface area contributed by atoms with E-state index in [2.05, 4.69) is 0 Å². The third-order valence-corrected chi connectivity index (χ3v) is 2.97. The van der Waals surface area contributed by atoms with Crippen LogP contribution < -0.4 is 0 Å². The first-order chi connectivity index (χ1) is 6.57. The maximum atomic E-state index is 9.22. The van der Waals surface area contributed by atoms with Gasteiger partial charge < -0.3 is 10.0 Å². The molecular weight excluding hydrogens is 221 g/mol. The average Bonchev–Trinajstić information content (AvgIpc) is 2.13. The lowest BCUT2D eigenvalue weighted by molar-refractivity contribution is 0.171. The lowest BCUT2D eigenvalue weighted by Crippen LogP contribution is -2.23. The molecule has 1 rings (SSSR count). The SMILES string of the molecule is CN(C)C(CO)c1cccc(Cl)c1Cl. The number of nitrogens with zero attached hydrogens (tertiary/aromatic N) is 1. The molecule has 0 fully saturated rings. The number of hydrogen-bond acceptors (Lipinski definition) is 2. The Kier molecular flexibility index (Phi) is 4.20. The lowest BCUT2D eigenvalue weighted by atomic mass is 10.1. The topological polar surface area (TPSA) is 23.5 Å². The van der Waals surface area contributed by atoms with Crippen LogP contribution in [-0.2, 0) is 0 Å². The zero-order chi connectivity index (χ0) is 10.7. The molecule has 14 heavy (non-hydrogen) atoms. The van der Waals surface area contributed by atoms with Crippen LogP contribution in [0.4, 0.5) is 0 Å². The molecule has 0 saturated carbocycles. The fourth-order valence-electron chi connectivity index (χ4n) is 1.32. The second-order valence-corrected chi connectivity index (χ2v) is 4.09. The van der Waals surface area contributed by atoms with Gasteiger partial charge in [0.2, 0.25) is 0 Å². The van der Waals surface area contributed by atoms with Gasteiger partial charge in [0.25, 0.3) is 0 Å². The van der Waals surface area contributed by atoms with Gasteiger partial charge >= 0.3 is 0 Å². The number of hydrogen-bond donors (Lipinski definition) is 1. The van der Waals surface area contributed by atoms with Crippen molar-refractivity contribution < 1.29 is 5.11 Å². The molecule has 0 amide bonds.